The Balaban J connectivity index is 1.41. The van der Waals surface area contributed by atoms with Crippen LogP contribution in [0, 0.1) is 13.8 Å². The summed E-state index contributed by atoms with van der Waals surface area (Å²) in [6.45, 7) is 9.95. The van der Waals surface area contributed by atoms with E-state index in [1.807, 2.05) is 32.2 Å². The van der Waals surface area contributed by atoms with E-state index in [0.29, 0.717) is 11.4 Å². The Hall–Kier alpha value is -1.80. The van der Waals surface area contributed by atoms with Crippen molar-refractivity contribution in [2.24, 2.45) is 0 Å². The van der Waals surface area contributed by atoms with Crippen LogP contribution in [0.25, 0.3) is 0 Å². The highest BCUT2D eigenvalue weighted by Gasteiger charge is 2.18. The molecule has 146 valence electrons. The van der Waals surface area contributed by atoms with E-state index < -0.39 is 10.0 Å². The summed E-state index contributed by atoms with van der Waals surface area (Å²) in [5, 5.41) is 0. The molecule has 1 aromatic carbocycles. The Bertz CT molecular complexity index is 845. The van der Waals surface area contributed by atoms with E-state index in [9.17, 15) is 8.42 Å². The first-order valence-corrected chi connectivity index (χ1v) is 10.8. The SMILES string of the molecule is Cc1ccc(S(=O)(=O)NCCN2CCN(Cc3ccnc(C)c3)CC2)cc1. The lowest BCUT2D eigenvalue weighted by Gasteiger charge is -2.34. The summed E-state index contributed by atoms with van der Waals surface area (Å²) >= 11 is 0. The second kappa shape index (κ2) is 8.93. The molecule has 2 aromatic rings. The van der Waals surface area contributed by atoms with Gasteiger partial charge < -0.3 is 0 Å². The maximum absolute atomic E-state index is 12.3. The van der Waals surface area contributed by atoms with Crippen molar-refractivity contribution < 1.29 is 8.42 Å². The molecule has 0 unspecified atom stereocenters. The van der Waals surface area contributed by atoms with Crippen molar-refractivity contribution in [3.63, 3.8) is 0 Å². The molecule has 0 radical (unpaired) electrons. The average Bonchev–Trinajstić information content (AvgIpc) is 2.63. The van der Waals surface area contributed by atoms with Gasteiger partial charge >= 0.3 is 0 Å². The van der Waals surface area contributed by atoms with Crippen LogP contribution in [0.1, 0.15) is 16.8 Å². The van der Waals surface area contributed by atoms with Crippen molar-refractivity contribution >= 4 is 10.0 Å². The largest absolute Gasteiger partial charge is 0.299 e. The van der Waals surface area contributed by atoms with Gasteiger partial charge in [0.2, 0.25) is 10.0 Å². The van der Waals surface area contributed by atoms with Crippen LogP contribution >= 0.6 is 0 Å². The van der Waals surface area contributed by atoms with Crippen LogP contribution in [-0.4, -0.2) is 62.5 Å². The highest BCUT2D eigenvalue weighted by Crippen LogP contribution is 2.11. The summed E-state index contributed by atoms with van der Waals surface area (Å²) in [6, 6.07) is 11.1. The van der Waals surface area contributed by atoms with Gasteiger partial charge in [-0.05, 0) is 43.7 Å². The zero-order valence-electron chi connectivity index (χ0n) is 16.1. The predicted molar refractivity (Wildman–Crippen MR) is 107 cm³/mol. The zero-order chi connectivity index (χ0) is 19.3. The van der Waals surface area contributed by atoms with Gasteiger partial charge in [0.1, 0.15) is 0 Å². The highest BCUT2D eigenvalue weighted by molar-refractivity contribution is 7.89. The summed E-state index contributed by atoms with van der Waals surface area (Å²) in [4.78, 5) is 9.31. The van der Waals surface area contributed by atoms with Gasteiger partial charge in [-0.3, -0.25) is 14.8 Å². The van der Waals surface area contributed by atoms with E-state index in [-0.39, 0.29) is 0 Å². The summed E-state index contributed by atoms with van der Waals surface area (Å²) in [5.41, 5.74) is 3.39. The minimum Gasteiger partial charge on any atom is -0.299 e. The molecule has 0 amide bonds. The Morgan fingerprint density at radius 3 is 2.33 bits per heavy atom. The Morgan fingerprint density at radius 2 is 1.67 bits per heavy atom. The number of hydrogen-bond acceptors (Lipinski definition) is 5. The van der Waals surface area contributed by atoms with Crippen molar-refractivity contribution in [1.29, 1.82) is 0 Å². The van der Waals surface area contributed by atoms with Crippen molar-refractivity contribution in [3.05, 3.63) is 59.4 Å². The minimum atomic E-state index is -3.43. The van der Waals surface area contributed by atoms with Crippen molar-refractivity contribution in [2.75, 3.05) is 39.3 Å². The van der Waals surface area contributed by atoms with Crippen LogP contribution in [0.4, 0.5) is 0 Å². The first-order chi connectivity index (χ1) is 12.9. The number of aryl methyl sites for hydroxylation is 2. The van der Waals surface area contributed by atoms with Gasteiger partial charge in [0, 0.05) is 57.7 Å². The molecule has 1 saturated heterocycles. The monoisotopic (exact) mass is 388 g/mol. The molecular weight excluding hydrogens is 360 g/mol. The predicted octanol–water partition coefficient (Wildman–Crippen LogP) is 1.79. The van der Waals surface area contributed by atoms with E-state index in [4.69, 9.17) is 0 Å². The number of nitrogens with one attached hydrogen (secondary N) is 1. The van der Waals surface area contributed by atoms with Gasteiger partial charge in [-0.1, -0.05) is 17.7 Å². The molecule has 1 N–H and O–H groups in total. The number of piperazine rings is 1. The topological polar surface area (TPSA) is 65.5 Å². The zero-order valence-corrected chi connectivity index (χ0v) is 16.9. The van der Waals surface area contributed by atoms with E-state index in [1.54, 1.807) is 12.1 Å². The molecule has 1 aromatic heterocycles. The molecule has 0 bridgehead atoms. The molecule has 2 heterocycles. The van der Waals surface area contributed by atoms with Crippen LogP contribution in [0.5, 0.6) is 0 Å². The quantitative estimate of drug-likeness (QED) is 0.783. The molecule has 1 fully saturated rings. The fourth-order valence-corrected chi connectivity index (χ4v) is 4.29. The Morgan fingerprint density at radius 1 is 1.00 bits per heavy atom. The average molecular weight is 389 g/mol. The summed E-state index contributed by atoms with van der Waals surface area (Å²) in [5.74, 6) is 0. The summed E-state index contributed by atoms with van der Waals surface area (Å²) in [6.07, 6.45) is 1.86. The molecule has 0 spiro atoms. The maximum atomic E-state index is 12.3. The van der Waals surface area contributed by atoms with Gasteiger partial charge in [-0.15, -0.1) is 0 Å². The third kappa shape index (κ3) is 5.84. The van der Waals surface area contributed by atoms with Gasteiger partial charge in [0.25, 0.3) is 0 Å². The molecule has 0 aliphatic carbocycles. The lowest BCUT2D eigenvalue weighted by atomic mass is 10.2. The smallest absolute Gasteiger partial charge is 0.240 e. The number of pyridine rings is 1. The molecule has 27 heavy (non-hydrogen) atoms. The van der Waals surface area contributed by atoms with Crippen LogP contribution in [-0.2, 0) is 16.6 Å². The van der Waals surface area contributed by atoms with Crippen molar-refractivity contribution in [2.45, 2.75) is 25.3 Å². The first-order valence-electron chi connectivity index (χ1n) is 9.35. The molecule has 0 atom stereocenters. The molecular formula is C20H28N4O2S. The van der Waals surface area contributed by atoms with Gasteiger partial charge in [0.15, 0.2) is 0 Å². The lowest BCUT2D eigenvalue weighted by molar-refractivity contribution is 0.129. The Labute approximate surface area is 162 Å². The standard InChI is InChI=1S/C20H28N4O2S/c1-17-3-5-20(6-4-17)27(25,26)22-9-10-23-11-13-24(14-12-23)16-19-7-8-21-18(2)15-19/h3-8,15,22H,9-14,16H2,1-2H3. The van der Waals surface area contributed by atoms with Gasteiger partial charge in [0.05, 0.1) is 4.90 Å². The fourth-order valence-electron chi connectivity index (χ4n) is 3.27. The molecule has 3 rings (SSSR count). The number of hydrogen-bond donors (Lipinski definition) is 1. The van der Waals surface area contributed by atoms with Gasteiger partial charge in [-0.25, -0.2) is 13.1 Å². The number of aromatic nitrogens is 1. The molecule has 1 aliphatic rings. The summed E-state index contributed by atoms with van der Waals surface area (Å²) < 4.78 is 27.4. The third-order valence-electron chi connectivity index (χ3n) is 4.88. The normalized spacial score (nSPS) is 16.5. The van der Waals surface area contributed by atoms with E-state index in [1.165, 1.54) is 5.56 Å². The molecule has 7 heteroatoms. The minimum absolute atomic E-state index is 0.325. The molecule has 1 aliphatic heterocycles. The van der Waals surface area contributed by atoms with E-state index in [0.717, 1.165) is 50.5 Å². The van der Waals surface area contributed by atoms with Crippen LogP contribution in [0.15, 0.2) is 47.5 Å². The fraction of sp³-hybridized carbons (Fsp3) is 0.450. The van der Waals surface area contributed by atoms with Crippen LogP contribution < -0.4 is 4.72 Å². The number of rotatable bonds is 7. The maximum Gasteiger partial charge on any atom is 0.240 e. The van der Waals surface area contributed by atoms with Gasteiger partial charge in [-0.2, -0.15) is 0 Å². The summed E-state index contributed by atoms with van der Waals surface area (Å²) in [7, 11) is -3.43. The lowest BCUT2D eigenvalue weighted by Crippen LogP contribution is -2.48. The second-order valence-corrected chi connectivity index (χ2v) is 8.90. The van der Waals surface area contributed by atoms with Crippen LogP contribution in [0.3, 0.4) is 0 Å². The van der Waals surface area contributed by atoms with E-state index >= 15 is 0 Å². The first kappa shape index (κ1) is 19.9. The second-order valence-electron chi connectivity index (χ2n) is 7.13. The number of benzene rings is 1. The number of sulfonamides is 1. The van der Waals surface area contributed by atoms with Crippen molar-refractivity contribution in [3.8, 4) is 0 Å². The van der Waals surface area contributed by atoms with Crippen molar-refractivity contribution in [1.82, 2.24) is 19.5 Å². The molecule has 6 nitrogen and oxygen atoms in total. The van der Waals surface area contributed by atoms with E-state index in [2.05, 4.69) is 31.6 Å². The highest BCUT2D eigenvalue weighted by atomic mass is 32.2. The molecule has 0 saturated carbocycles. The number of nitrogens with zero attached hydrogens (tertiary/aromatic N) is 3. The van der Waals surface area contributed by atoms with Crippen LogP contribution in [0.2, 0.25) is 0 Å². The Kier molecular flexibility index (Phi) is 6.59. The third-order valence-corrected chi connectivity index (χ3v) is 6.36.